The summed E-state index contributed by atoms with van der Waals surface area (Å²) in [6.45, 7) is 0.303. The number of methoxy groups -OCH3 is 1. The average Bonchev–Trinajstić information content (AvgIpc) is 2.85. The van der Waals surface area contributed by atoms with Gasteiger partial charge in [-0.1, -0.05) is 30.3 Å². The van der Waals surface area contributed by atoms with E-state index in [0.29, 0.717) is 6.61 Å². The number of benzene rings is 1. The van der Waals surface area contributed by atoms with Crippen molar-refractivity contribution < 1.29 is 14.3 Å². The Morgan fingerprint density at radius 3 is 2.83 bits per heavy atom. The van der Waals surface area contributed by atoms with Crippen molar-refractivity contribution in [1.29, 1.82) is 0 Å². The van der Waals surface area contributed by atoms with E-state index in [0.717, 1.165) is 24.8 Å². The van der Waals surface area contributed by atoms with Gasteiger partial charge in [0, 0.05) is 7.11 Å². The number of ether oxygens (including phenoxy) is 2. The first-order valence-electron chi connectivity index (χ1n) is 6.29. The Kier molecular flexibility index (Phi) is 4.59. The summed E-state index contributed by atoms with van der Waals surface area (Å²) in [5, 5.41) is 2.86. The van der Waals surface area contributed by atoms with Gasteiger partial charge in [-0.3, -0.25) is 0 Å². The number of carbonyl (C=O) groups excluding carboxylic acids is 1. The highest BCUT2D eigenvalue weighted by molar-refractivity contribution is 5.67. The van der Waals surface area contributed by atoms with E-state index in [-0.39, 0.29) is 18.2 Å². The van der Waals surface area contributed by atoms with Crippen molar-refractivity contribution in [3.05, 3.63) is 35.9 Å². The van der Waals surface area contributed by atoms with Crippen LogP contribution < -0.4 is 5.32 Å². The monoisotopic (exact) mass is 249 g/mol. The molecule has 0 bridgehead atoms. The Balaban J connectivity index is 1.75. The zero-order chi connectivity index (χ0) is 12.8. The van der Waals surface area contributed by atoms with Gasteiger partial charge < -0.3 is 14.8 Å². The second-order valence-corrected chi connectivity index (χ2v) is 4.52. The number of hydrogen-bond acceptors (Lipinski definition) is 3. The molecule has 1 aliphatic rings. The molecule has 1 saturated carbocycles. The third-order valence-corrected chi connectivity index (χ3v) is 3.27. The summed E-state index contributed by atoms with van der Waals surface area (Å²) in [6.07, 6.45) is 2.79. The predicted octanol–water partition coefficient (Wildman–Crippen LogP) is 2.48. The van der Waals surface area contributed by atoms with Crippen LogP contribution in [0.15, 0.2) is 30.3 Å². The van der Waals surface area contributed by atoms with Crippen LogP contribution in [0.4, 0.5) is 4.79 Å². The molecule has 98 valence electrons. The lowest BCUT2D eigenvalue weighted by molar-refractivity contribution is 0.0770. The highest BCUT2D eigenvalue weighted by Gasteiger charge is 2.28. The Labute approximate surface area is 107 Å². The molecule has 0 saturated heterocycles. The summed E-state index contributed by atoms with van der Waals surface area (Å²) in [5.74, 6) is 0. The number of carbonyl (C=O) groups is 1. The maximum Gasteiger partial charge on any atom is 0.407 e. The molecular formula is C14H19NO3. The fourth-order valence-corrected chi connectivity index (χ4v) is 2.29. The minimum Gasteiger partial charge on any atom is -0.445 e. The third kappa shape index (κ3) is 3.47. The van der Waals surface area contributed by atoms with Gasteiger partial charge in [0.1, 0.15) is 6.61 Å². The summed E-state index contributed by atoms with van der Waals surface area (Å²) in [6, 6.07) is 9.73. The van der Waals surface area contributed by atoms with Crippen LogP contribution in [0.5, 0.6) is 0 Å². The summed E-state index contributed by atoms with van der Waals surface area (Å²) < 4.78 is 10.5. The molecule has 1 aliphatic carbocycles. The van der Waals surface area contributed by atoms with Crippen LogP contribution >= 0.6 is 0 Å². The lowest BCUT2D eigenvalue weighted by Gasteiger charge is -2.19. The Bertz CT molecular complexity index is 380. The molecule has 1 aromatic carbocycles. The van der Waals surface area contributed by atoms with Gasteiger partial charge in [-0.2, -0.15) is 0 Å². The molecule has 1 N–H and O–H groups in total. The lowest BCUT2D eigenvalue weighted by Crippen LogP contribution is -2.40. The second kappa shape index (κ2) is 6.40. The summed E-state index contributed by atoms with van der Waals surface area (Å²) >= 11 is 0. The summed E-state index contributed by atoms with van der Waals surface area (Å²) in [7, 11) is 1.68. The number of amides is 1. The van der Waals surface area contributed by atoms with Gasteiger partial charge in [0.2, 0.25) is 0 Å². The van der Waals surface area contributed by atoms with Gasteiger partial charge >= 0.3 is 6.09 Å². The average molecular weight is 249 g/mol. The van der Waals surface area contributed by atoms with Crippen molar-refractivity contribution in [2.45, 2.75) is 38.0 Å². The zero-order valence-electron chi connectivity index (χ0n) is 10.6. The van der Waals surface area contributed by atoms with Crippen molar-refractivity contribution in [3.8, 4) is 0 Å². The Hall–Kier alpha value is -1.55. The van der Waals surface area contributed by atoms with Crippen LogP contribution in [-0.4, -0.2) is 25.3 Å². The molecule has 0 spiro atoms. The normalized spacial score (nSPS) is 22.7. The maximum absolute atomic E-state index is 11.6. The van der Waals surface area contributed by atoms with E-state index in [1.165, 1.54) is 0 Å². The first kappa shape index (κ1) is 12.9. The van der Waals surface area contributed by atoms with Gasteiger partial charge in [0.25, 0.3) is 0 Å². The van der Waals surface area contributed by atoms with E-state index in [4.69, 9.17) is 9.47 Å². The molecule has 1 amide bonds. The van der Waals surface area contributed by atoms with Crippen LogP contribution in [0.2, 0.25) is 0 Å². The first-order valence-corrected chi connectivity index (χ1v) is 6.29. The van der Waals surface area contributed by atoms with Gasteiger partial charge in [0.05, 0.1) is 12.1 Å². The third-order valence-electron chi connectivity index (χ3n) is 3.27. The van der Waals surface area contributed by atoms with Crippen LogP contribution in [0.1, 0.15) is 24.8 Å². The molecule has 1 fully saturated rings. The van der Waals surface area contributed by atoms with Crippen LogP contribution in [-0.2, 0) is 16.1 Å². The molecule has 1 aromatic rings. The number of nitrogens with one attached hydrogen (secondary N) is 1. The van der Waals surface area contributed by atoms with Crippen molar-refractivity contribution >= 4 is 6.09 Å². The molecular weight excluding hydrogens is 230 g/mol. The minimum absolute atomic E-state index is 0.0817. The molecule has 4 heteroatoms. The van der Waals surface area contributed by atoms with Crippen LogP contribution in [0, 0.1) is 0 Å². The Morgan fingerprint density at radius 1 is 1.33 bits per heavy atom. The molecule has 0 aromatic heterocycles. The van der Waals surface area contributed by atoms with Gasteiger partial charge in [-0.05, 0) is 24.8 Å². The van der Waals surface area contributed by atoms with E-state index in [1.54, 1.807) is 7.11 Å². The van der Waals surface area contributed by atoms with Crippen molar-refractivity contribution in [2.75, 3.05) is 7.11 Å². The standard InChI is InChI=1S/C14H19NO3/c1-17-13-9-5-8-12(13)15-14(16)18-10-11-6-3-2-4-7-11/h2-4,6-7,12-13H,5,8-10H2,1H3,(H,15,16)/t12?,13-/m0/s1. The second-order valence-electron chi connectivity index (χ2n) is 4.52. The SMILES string of the molecule is CO[C@H]1CCCC1NC(=O)OCc1ccccc1. The highest BCUT2D eigenvalue weighted by Crippen LogP contribution is 2.21. The fraction of sp³-hybridized carbons (Fsp3) is 0.500. The van der Waals surface area contributed by atoms with E-state index in [2.05, 4.69) is 5.32 Å². The van der Waals surface area contributed by atoms with Crippen LogP contribution in [0.25, 0.3) is 0 Å². The predicted molar refractivity (Wildman–Crippen MR) is 68.2 cm³/mol. The van der Waals surface area contributed by atoms with E-state index >= 15 is 0 Å². The van der Waals surface area contributed by atoms with E-state index in [1.807, 2.05) is 30.3 Å². The van der Waals surface area contributed by atoms with Gasteiger partial charge in [0.15, 0.2) is 0 Å². The largest absolute Gasteiger partial charge is 0.445 e. The number of hydrogen-bond donors (Lipinski definition) is 1. The topological polar surface area (TPSA) is 47.6 Å². The highest BCUT2D eigenvalue weighted by atomic mass is 16.5. The fourth-order valence-electron chi connectivity index (χ4n) is 2.29. The number of alkyl carbamates (subject to hydrolysis) is 1. The molecule has 2 atom stereocenters. The van der Waals surface area contributed by atoms with Crippen molar-refractivity contribution in [2.24, 2.45) is 0 Å². The van der Waals surface area contributed by atoms with Crippen molar-refractivity contribution in [3.63, 3.8) is 0 Å². The van der Waals surface area contributed by atoms with Gasteiger partial charge in [-0.25, -0.2) is 4.79 Å². The van der Waals surface area contributed by atoms with E-state index in [9.17, 15) is 4.79 Å². The zero-order valence-corrected chi connectivity index (χ0v) is 10.6. The first-order chi connectivity index (χ1) is 8.79. The quantitative estimate of drug-likeness (QED) is 0.891. The summed E-state index contributed by atoms with van der Waals surface area (Å²) in [4.78, 5) is 11.6. The summed E-state index contributed by atoms with van der Waals surface area (Å²) in [5.41, 5.74) is 0.988. The molecule has 0 radical (unpaired) electrons. The Morgan fingerprint density at radius 2 is 2.11 bits per heavy atom. The molecule has 2 rings (SSSR count). The number of rotatable bonds is 4. The maximum atomic E-state index is 11.6. The minimum atomic E-state index is -0.368. The molecule has 0 aliphatic heterocycles. The molecule has 0 heterocycles. The molecule has 4 nitrogen and oxygen atoms in total. The van der Waals surface area contributed by atoms with Crippen molar-refractivity contribution in [1.82, 2.24) is 5.32 Å². The lowest BCUT2D eigenvalue weighted by atomic mass is 10.2. The van der Waals surface area contributed by atoms with Crippen LogP contribution in [0.3, 0.4) is 0 Å². The smallest absolute Gasteiger partial charge is 0.407 e. The molecule has 1 unspecified atom stereocenters. The van der Waals surface area contributed by atoms with E-state index < -0.39 is 0 Å². The van der Waals surface area contributed by atoms with Gasteiger partial charge in [-0.15, -0.1) is 0 Å². The molecule has 18 heavy (non-hydrogen) atoms.